The second-order valence-corrected chi connectivity index (χ2v) is 5.03. The van der Waals surface area contributed by atoms with E-state index >= 15 is 0 Å². The molecule has 1 atom stereocenters. The largest absolute Gasteiger partial charge is 0.330 e. The zero-order valence-corrected chi connectivity index (χ0v) is 9.46. The molecule has 0 amide bonds. The molecule has 1 saturated carbocycles. The van der Waals surface area contributed by atoms with Crippen molar-refractivity contribution in [1.82, 2.24) is 0 Å². The SMILES string of the molecule is CC(C)CC(CN)CC(=O)C1CCC1. The van der Waals surface area contributed by atoms with Crippen LogP contribution in [-0.4, -0.2) is 12.3 Å². The van der Waals surface area contributed by atoms with E-state index in [1.54, 1.807) is 0 Å². The van der Waals surface area contributed by atoms with Crippen LogP contribution in [0.3, 0.4) is 0 Å². The van der Waals surface area contributed by atoms with Crippen LogP contribution >= 0.6 is 0 Å². The number of hydrogen-bond donors (Lipinski definition) is 1. The average molecular weight is 197 g/mol. The quantitative estimate of drug-likeness (QED) is 0.710. The Hall–Kier alpha value is -0.370. The first kappa shape index (κ1) is 11.7. The van der Waals surface area contributed by atoms with Crippen molar-refractivity contribution in [2.75, 3.05) is 6.54 Å². The summed E-state index contributed by atoms with van der Waals surface area (Å²) in [5, 5.41) is 0. The van der Waals surface area contributed by atoms with Gasteiger partial charge in [0.15, 0.2) is 0 Å². The number of carbonyl (C=O) groups excluding carboxylic acids is 1. The third-order valence-corrected chi connectivity index (χ3v) is 3.19. The Morgan fingerprint density at radius 3 is 2.43 bits per heavy atom. The summed E-state index contributed by atoms with van der Waals surface area (Å²) in [5.74, 6) is 1.92. The molecule has 0 bridgehead atoms. The van der Waals surface area contributed by atoms with Crippen LogP contribution in [0.5, 0.6) is 0 Å². The lowest BCUT2D eigenvalue weighted by atomic mass is 9.78. The van der Waals surface area contributed by atoms with Gasteiger partial charge in [-0.05, 0) is 37.6 Å². The maximum atomic E-state index is 11.7. The molecule has 0 saturated heterocycles. The molecule has 0 aromatic heterocycles. The molecule has 1 fully saturated rings. The van der Waals surface area contributed by atoms with Gasteiger partial charge >= 0.3 is 0 Å². The van der Waals surface area contributed by atoms with Crippen molar-refractivity contribution >= 4 is 5.78 Å². The fourth-order valence-electron chi connectivity index (χ4n) is 2.11. The fraction of sp³-hybridized carbons (Fsp3) is 0.917. The second kappa shape index (κ2) is 5.50. The lowest BCUT2D eigenvalue weighted by Crippen LogP contribution is -2.27. The Labute approximate surface area is 87.2 Å². The molecular weight excluding hydrogens is 174 g/mol. The van der Waals surface area contributed by atoms with Gasteiger partial charge in [-0.1, -0.05) is 20.3 Å². The summed E-state index contributed by atoms with van der Waals surface area (Å²) >= 11 is 0. The average Bonchev–Trinajstić information content (AvgIpc) is 1.98. The minimum atomic E-state index is 0.385. The number of hydrogen-bond acceptors (Lipinski definition) is 2. The van der Waals surface area contributed by atoms with Crippen molar-refractivity contribution in [3.8, 4) is 0 Å². The molecule has 2 nitrogen and oxygen atoms in total. The highest BCUT2D eigenvalue weighted by Gasteiger charge is 2.26. The van der Waals surface area contributed by atoms with E-state index in [4.69, 9.17) is 5.73 Å². The van der Waals surface area contributed by atoms with Gasteiger partial charge in [0.2, 0.25) is 0 Å². The third-order valence-electron chi connectivity index (χ3n) is 3.19. The van der Waals surface area contributed by atoms with Crippen molar-refractivity contribution in [2.24, 2.45) is 23.5 Å². The van der Waals surface area contributed by atoms with Crippen molar-refractivity contribution in [1.29, 1.82) is 0 Å². The number of ketones is 1. The number of carbonyl (C=O) groups is 1. The van der Waals surface area contributed by atoms with E-state index in [-0.39, 0.29) is 0 Å². The second-order valence-electron chi connectivity index (χ2n) is 5.03. The molecule has 1 rings (SSSR count). The lowest BCUT2D eigenvalue weighted by Gasteiger charge is -2.26. The van der Waals surface area contributed by atoms with E-state index in [1.807, 2.05) is 0 Å². The summed E-state index contributed by atoms with van der Waals surface area (Å²) < 4.78 is 0. The van der Waals surface area contributed by atoms with Gasteiger partial charge in [-0.3, -0.25) is 4.79 Å². The van der Waals surface area contributed by atoms with E-state index in [9.17, 15) is 4.79 Å². The molecule has 1 aliphatic carbocycles. The topological polar surface area (TPSA) is 43.1 Å². The normalized spacial score (nSPS) is 19.4. The zero-order valence-electron chi connectivity index (χ0n) is 9.46. The predicted molar refractivity (Wildman–Crippen MR) is 59.0 cm³/mol. The van der Waals surface area contributed by atoms with Crippen LogP contribution in [-0.2, 0) is 4.79 Å². The van der Waals surface area contributed by atoms with Gasteiger partial charge in [-0.25, -0.2) is 0 Å². The summed E-state index contributed by atoms with van der Waals surface area (Å²) in [7, 11) is 0. The Kier molecular flexibility index (Phi) is 4.59. The van der Waals surface area contributed by atoms with Crippen LogP contribution in [0.15, 0.2) is 0 Å². The maximum Gasteiger partial charge on any atom is 0.136 e. The van der Waals surface area contributed by atoms with Crippen LogP contribution in [0.1, 0.15) is 46.0 Å². The fourth-order valence-corrected chi connectivity index (χ4v) is 2.11. The van der Waals surface area contributed by atoms with E-state index < -0.39 is 0 Å². The van der Waals surface area contributed by atoms with Gasteiger partial charge in [0.25, 0.3) is 0 Å². The monoisotopic (exact) mass is 197 g/mol. The minimum Gasteiger partial charge on any atom is -0.330 e. The van der Waals surface area contributed by atoms with Crippen molar-refractivity contribution in [3.05, 3.63) is 0 Å². The third kappa shape index (κ3) is 3.41. The molecule has 1 unspecified atom stereocenters. The van der Waals surface area contributed by atoms with Gasteiger partial charge in [-0.2, -0.15) is 0 Å². The molecular formula is C12H23NO. The van der Waals surface area contributed by atoms with E-state index in [2.05, 4.69) is 13.8 Å². The highest BCUT2D eigenvalue weighted by Crippen LogP contribution is 2.30. The van der Waals surface area contributed by atoms with Crippen molar-refractivity contribution < 1.29 is 4.79 Å². The zero-order chi connectivity index (χ0) is 10.6. The van der Waals surface area contributed by atoms with Crippen LogP contribution in [0.4, 0.5) is 0 Å². The van der Waals surface area contributed by atoms with E-state index in [1.165, 1.54) is 6.42 Å². The smallest absolute Gasteiger partial charge is 0.136 e. The van der Waals surface area contributed by atoms with Gasteiger partial charge < -0.3 is 5.73 Å². The molecule has 0 radical (unpaired) electrons. The summed E-state index contributed by atoms with van der Waals surface area (Å²) in [4.78, 5) is 11.7. The summed E-state index contributed by atoms with van der Waals surface area (Å²) in [5.41, 5.74) is 5.68. The Bertz CT molecular complexity index is 185. The molecule has 2 N–H and O–H groups in total. The predicted octanol–water partition coefficient (Wildman–Crippen LogP) is 2.37. The minimum absolute atomic E-state index is 0.385. The Morgan fingerprint density at radius 2 is 2.07 bits per heavy atom. The van der Waals surface area contributed by atoms with Gasteiger partial charge in [0.1, 0.15) is 5.78 Å². The van der Waals surface area contributed by atoms with Crippen LogP contribution in [0, 0.1) is 17.8 Å². The first-order valence-corrected chi connectivity index (χ1v) is 5.86. The molecule has 0 aliphatic heterocycles. The Balaban J connectivity index is 2.27. The summed E-state index contributed by atoms with van der Waals surface area (Å²) in [6.45, 7) is 5.05. The molecule has 82 valence electrons. The number of Topliss-reactive ketones (excluding diaryl/α,β-unsaturated/α-hetero) is 1. The first-order chi connectivity index (χ1) is 6.63. The molecule has 2 heteroatoms. The molecule has 0 heterocycles. The highest BCUT2D eigenvalue weighted by atomic mass is 16.1. The molecule has 0 aromatic carbocycles. The van der Waals surface area contributed by atoms with Gasteiger partial charge in [0.05, 0.1) is 0 Å². The van der Waals surface area contributed by atoms with Crippen molar-refractivity contribution in [3.63, 3.8) is 0 Å². The summed E-state index contributed by atoms with van der Waals surface area (Å²) in [6.07, 6.45) is 5.30. The molecule has 14 heavy (non-hydrogen) atoms. The van der Waals surface area contributed by atoms with Crippen LogP contribution < -0.4 is 5.73 Å². The number of rotatable bonds is 6. The molecule has 0 aromatic rings. The highest BCUT2D eigenvalue weighted by molar-refractivity contribution is 5.81. The molecule has 1 aliphatic rings. The lowest BCUT2D eigenvalue weighted by molar-refractivity contribution is -0.126. The maximum absolute atomic E-state index is 11.7. The van der Waals surface area contributed by atoms with Crippen LogP contribution in [0.2, 0.25) is 0 Å². The first-order valence-electron chi connectivity index (χ1n) is 5.86. The number of nitrogens with two attached hydrogens (primary N) is 1. The summed E-state index contributed by atoms with van der Waals surface area (Å²) in [6, 6.07) is 0. The van der Waals surface area contributed by atoms with Gasteiger partial charge in [-0.15, -0.1) is 0 Å². The van der Waals surface area contributed by atoms with E-state index in [0.29, 0.717) is 30.1 Å². The molecule has 0 spiro atoms. The van der Waals surface area contributed by atoms with Crippen molar-refractivity contribution in [2.45, 2.75) is 46.0 Å². The standard InChI is InChI=1S/C12H23NO/c1-9(2)6-10(8-13)7-12(14)11-4-3-5-11/h9-11H,3-8,13H2,1-2H3. The van der Waals surface area contributed by atoms with Crippen LogP contribution in [0.25, 0.3) is 0 Å². The van der Waals surface area contributed by atoms with E-state index in [0.717, 1.165) is 25.7 Å². The van der Waals surface area contributed by atoms with Gasteiger partial charge in [0, 0.05) is 12.3 Å². The Morgan fingerprint density at radius 1 is 1.43 bits per heavy atom.